The zero-order valence-corrected chi connectivity index (χ0v) is 14.0. The van der Waals surface area contributed by atoms with Crippen molar-refractivity contribution in [3.63, 3.8) is 0 Å². The molecule has 2 N–H and O–H groups in total. The number of benzene rings is 1. The van der Waals surface area contributed by atoms with E-state index in [9.17, 15) is 26.4 Å². The highest BCUT2D eigenvalue weighted by Crippen LogP contribution is 2.30. The van der Waals surface area contributed by atoms with Crippen LogP contribution in [0.4, 0.5) is 13.2 Å². The fraction of sp³-hybridized carbons (Fsp3) is 0.357. The number of aliphatic hydroxyl groups excluding tert-OH is 1. The minimum atomic E-state index is -4.48. The SMILES string of the molecule is O=C(CS(=O)(=O)Cc1nc(-c2ccc(C(F)(F)F)cc2)no1)NCCO. The van der Waals surface area contributed by atoms with Gasteiger partial charge in [-0.2, -0.15) is 18.2 Å². The number of halogens is 3. The summed E-state index contributed by atoms with van der Waals surface area (Å²) in [6.45, 7) is -0.404. The number of carbonyl (C=O) groups excluding carboxylic acids is 1. The van der Waals surface area contributed by atoms with Crippen molar-refractivity contribution in [1.82, 2.24) is 15.5 Å². The number of alkyl halides is 3. The Hall–Kier alpha value is -2.47. The summed E-state index contributed by atoms with van der Waals surface area (Å²) >= 11 is 0. The molecule has 0 aliphatic heterocycles. The standard InChI is InChI=1S/C14H14F3N3O5S/c15-14(16,17)10-3-1-9(2-4-10)13-19-12(25-20-13)8-26(23,24)7-11(22)18-5-6-21/h1-4,21H,5-8H2,(H,18,22). The largest absolute Gasteiger partial charge is 0.416 e. The summed E-state index contributed by atoms with van der Waals surface area (Å²) in [5.41, 5.74) is -0.632. The molecule has 1 amide bonds. The molecule has 0 saturated heterocycles. The molecule has 0 fully saturated rings. The van der Waals surface area contributed by atoms with Gasteiger partial charge in [0, 0.05) is 12.1 Å². The van der Waals surface area contributed by atoms with Crippen molar-refractivity contribution in [2.24, 2.45) is 0 Å². The third kappa shape index (κ3) is 5.52. The molecule has 12 heteroatoms. The van der Waals surface area contributed by atoms with Crippen LogP contribution in [-0.2, 0) is 26.6 Å². The van der Waals surface area contributed by atoms with Gasteiger partial charge in [0.25, 0.3) is 0 Å². The van der Waals surface area contributed by atoms with E-state index >= 15 is 0 Å². The van der Waals surface area contributed by atoms with Crippen LogP contribution in [0.1, 0.15) is 11.5 Å². The second-order valence-electron chi connectivity index (χ2n) is 5.19. The summed E-state index contributed by atoms with van der Waals surface area (Å²) < 4.78 is 66.2. The van der Waals surface area contributed by atoms with E-state index < -0.39 is 39.0 Å². The van der Waals surface area contributed by atoms with E-state index in [1.807, 2.05) is 0 Å². The van der Waals surface area contributed by atoms with Crippen molar-refractivity contribution in [2.75, 3.05) is 18.9 Å². The van der Waals surface area contributed by atoms with Crippen LogP contribution in [0.3, 0.4) is 0 Å². The Bertz CT molecular complexity index is 863. The Morgan fingerprint density at radius 3 is 2.46 bits per heavy atom. The van der Waals surface area contributed by atoms with Crippen LogP contribution < -0.4 is 5.32 Å². The third-order valence-corrected chi connectivity index (χ3v) is 4.46. The lowest BCUT2D eigenvalue weighted by Gasteiger charge is -2.05. The lowest BCUT2D eigenvalue weighted by atomic mass is 10.1. The molecule has 0 atom stereocenters. The average Bonchev–Trinajstić information content (AvgIpc) is 2.99. The van der Waals surface area contributed by atoms with E-state index in [4.69, 9.17) is 9.63 Å². The lowest BCUT2D eigenvalue weighted by molar-refractivity contribution is -0.137. The third-order valence-electron chi connectivity index (χ3n) is 3.07. The van der Waals surface area contributed by atoms with Crippen LogP contribution in [0.5, 0.6) is 0 Å². The van der Waals surface area contributed by atoms with Gasteiger partial charge in [0.2, 0.25) is 17.6 Å². The highest BCUT2D eigenvalue weighted by Gasteiger charge is 2.30. The number of amides is 1. The monoisotopic (exact) mass is 393 g/mol. The lowest BCUT2D eigenvalue weighted by Crippen LogP contribution is -2.32. The average molecular weight is 393 g/mol. The molecule has 0 aliphatic carbocycles. The maximum absolute atomic E-state index is 12.5. The van der Waals surface area contributed by atoms with Crippen molar-refractivity contribution in [1.29, 1.82) is 0 Å². The van der Waals surface area contributed by atoms with E-state index in [1.165, 1.54) is 0 Å². The zero-order valence-electron chi connectivity index (χ0n) is 13.2. The van der Waals surface area contributed by atoms with E-state index in [0.29, 0.717) is 0 Å². The smallest absolute Gasteiger partial charge is 0.395 e. The maximum atomic E-state index is 12.5. The number of aromatic nitrogens is 2. The van der Waals surface area contributed by atoms with E-state index in [1.54, 1.807) is 0 Å². The molecule has 142 valence electrons. The molecule has 8 nitrogen and oxygen atoms in total. The molecule has 0 bridgehead atoms. The highest BCUT2D eigenvalue weighted by atomic mass is 32.2. The van der Waals surface area contributed by atoms with Crippen molar-refractivity contribution in [3.8, 4) is 11.4 Å². The second-order valence-corrected chi connectivity index (χ2v) is 7.26. The number of sulfone groups is 1. The maximum Gasteiger partial charge on any atom is 0.416 e. The zero-order chi connectivity index (χ0) is 19.4. The first-order valence-corrected chi connectivity index (χ1v) is 9.01. The van der Waals surface area contributed by atoms with Gasteiger partial charge in [0.15, 0.2) is 9.84 Å². The van der Waals surface area contributed by atoms with Gasteiger partial charge < -0.3 is 14.9 Å². The quantitative estimate of drug-likeness (QED) is 0.713. The van der Waals surface area contributed by atoms with E-state index in [-0.39, 0.29) is 30.4 Å². The van der Waals surface area contributed by atoms with Crippen LogP contribution in [0.15, 0.2) is 28.8 Å². The summed E-state index contributed by atoms with van der Waals surface area (Å²) in [5.74, 6) is -2.69. The molecule has 1 heterocycles. The Morgan fingerprint density at radius 2 is 1.88 bits per heavy atom. The predicted molar refractivity (Wildman–Crippen MR) is 82.3 cm³/mol. The van der Waals surface area contributed by atoms with Gasteiger partial charge in [-0.1, -0.05) is 17.3 Å². The molecule has 0 saturated carbocycles. The number of carbonyl (C=O) groups is 1. The van der Waals surface area contributed by atoms with Gasteiger partial charge in [0.05, 0.1) is 12.2 Å². The molecule has 0 spiro atoms. The summed E-state index contributed by atoms with van der Waals surface area (Å²) in [4.78, 5) is 15.2. The fourth-order valence-corrected chi connectivity index (χ4v) is 3.02. The van der Waals surface area contributed by atoms with Crippen LogP contribution in [0.2, 0.25) is 0 Å². The summed E-state index contributed by atoms with van der Waals surface area (Å²) in [7, 11) is -3.90. The molecule has 1 aromatic heterocycles. The highest BCUT2D eigenvalue weighted by molar-refractivity contribution is 7.91. The summed E-state index contributed by atoms with van der Waals surface area (Å²) in [6.07, 6.45) is -4.48. The van der Waals surface area contributed by atoms with Crippen molar-refractivity contribution in [2.45, 2.75) is 11.9 Å². The van der Waals surface area contributed by atoms with Gasteiger partial charge in [-0.05, 0) is 12.1 Å². The molecule has 1 aromatic carbocycles. The number of nitrogens with zero attached hydrogens (tertiary/aromatic N) is 2. The van der Waals surface area contributed by atoms with Gasteiger partial charge in [-0.3, -0.25) is 4.79 Å². The van der Waals surface area contributed by atoms with Gasteiger partial charge in [-0.25, -0.2) is 8.42 Å². The number of rotatable bonds is 7. The van der Waals surface area contributed by atoms with Crippen LogP contribution in [0.25, 0.3) is 11.4 Å². The summed E-state index contributed by atoms with van der Waals surface area (Å²) in [5, 5.41) is 14.3. The molecule has 0 radical (unpaired) electrons. The minimum absolute atomic E-state index is 0.0753. The molecule has 2 rings (SSSR count). The molecule has 2 aromatic rings. The molecule has 0 aliphatic rings. The summed E-state index contributed by atoms with van der Waals surface area (Å²) in [6, 6.07) is 3.95. The second kappa shape index (κ2) is 7.83. The topological polar surface area (TPSA) is 122 Å². The Labute approximate surface area is 145 Å². The first-order chi connectivity index (χ1) is 12.1. The van der Waals surface area contributed by atoms with E-state index in [2.05, 4.69) is 15.5 Å². The van der Waals surface area contributed by atoms with Gasteiger partial charge >= 0.3 is 6.18 Å². The van der Waals surface area contributed by atoms with Crippen molar-refractivity contribution >= 4 is 15.7 Å². The minimum Gasteiger partial charge on any atom is -0.395 e. The van der Waals surface area contributed by atoms with E-state index in [0.717, 1.165) is 24.3 Å². The number of aliphatic hydroxyl groups is 1. The van der Waals surface area contributed by atoms with Crippen molar-refractivity contribution < 1.29 is 36.0 Å². The Balaban J connectivity index is 2.06. The van der Waals surface area contributed by atoms with Gasteiger partial charge in [-0.15, -0.1) is 0 Å². The molecule has 26 heavy (non-hydrogen) atoms. The van der Waals surface area contributed by atoms with Crippen LogP contribution in [-0.4, -0.2) is 48.5 Å². The number of hydrogen-bond donors (Lipinski definition) is 2. The van der Waals surface area contributed by atoms with Crippen LogP contribution in [0, 0.1) is 0 Å². The normalized spacial score (nSPS) is 12.2. The number of hydrogen-bond acceptors (Lipinski definition) is 7. The Morgan fingerprint density at radius 1 is 1.23 bits per heavy atom. The first-order valence-electron chi connectivity index (χ1n) is 7.19. The first kappa shape index (κ1) is 19.8. The molecular formula is C14H14F3N3O5S. The van der Waals surface area contributed by atoms with Crippen molar-refractivity contribution in [3.05, 3.63) is 35.7 Å². The van der Waals surface area contributed by atoms with Crippen LogP contribution >= 0.6 is 0 Å². The Kier molecular flexibility index (Phi) is 5.97. The number of nitrogens with one attached hydrogen (secondary N) is 1. The molecular weight excluding hydrogens is 379 g/mol. The van der Waals surface area contributed by atoms with Gasteiger partial charge in [0.1, 0.15) is 11.5 Å². The molecule has 0 unspecified atom stereocenters. The fourth-order valence-electron chi connectivity index (χ4n) is 1.92. The predicted octanol–water partition coefficient (Wildman–Crippen LogP) is 0.779.